The molecule has 2 aromatic carbocycles. The van der Waals surface area contributed by atoms with Crippen molar-refractivity contribution in [1.29, 1.82) is 0 Å². The van der Waals surface area contributed by atoms with Gasteiger partial charge in [-0.2, -0.15) is 4.73 Å². The zero-order valence-electron chi connectivity index (χ0n) is 14.0. The molecule has 0 saturated heterocycles. The number of hydrogen-bond acceptors (Lipinski definition) is 4. The second-order valence-electron chi connectivity index (χ2n) is 5.60. The third-order valence-electron chi connectivity index (χ3n) is 3.71. The minimum absolute atomic E-state index is 0.243. The van der Waals surface area contributed by atoms with Crippen molar-refractivity contribution in [2.75, 3.05) is 5.32 Å². The number of aromatic nitrogens is 1. The van der Waals surface area contributed by atoms with Gasteiger partial charge in [0, 0.05) is 23.4 Å². The maximum absolute atomic E-state index is 13.0. The van der Waals surface area contributed by atoms with Crippen LogP contribution in [0.5, 0.6) is 0 Å². The molecule has 1 amide bonds. The monoisotopic (exact) mass is 366 g/mol. The molecule has 1 N–H and O–H groups in total. The van der Waals surface area contributed by atoms with Crippen LogP contribution >= 0.6 is 0 Å². The van der Waals surface area contributed by atoms with Crippen molar-refractivity contribution < 1.29 is 23.4 Å². The quantitative estimate of drug-likeness (QED) is 0.428. The highest BCUT2D eigenvalue weighted by atomic mass is 19.1. The third kappa shape index (κ3) is 4.46. The molecular weight excluding hydrogens is 351 g/mol. The summed E-state index contributed by atoms with van der Waals surface area (Å²) < 4.78 is 18.7. The topological polar surface area (TPSA) is 82.3 Å². The van der Waals surface area contributed by atoms with Gasteiger partial charge in [-0.25, -0.2) is 9.18 Å². The van der Waals surface area contributed by atoms with Gasteiger partial charge in [-0.3, -0.25) is 4.79 Å². The van der Waals surface area contributed by atoms with Crippen LogP contribution in [-0.2, 0) is 9.53 Å². The largest absolute Gasteiger partial charge is 0.618 e. The molecule has 3 aromatic rings. The minimum atomic E-state index is -1.29. The molecule has 0 spiro atoms. The number of nitrogens with one attached hydrogen (secondary N) is 1. The van der Waals surface area contributed by atoms with E-state index in [9.17, 15) is 19.2 Å². The maximum atomic E-state index is 13.0. The number of carbonyl (C=O) groups excluding carboxylic acids is 2. The Balaban J connectivity index is 1.85. The van der Waals surface area contributed by atoms with E-state index in [-0.39, 0.29) is 5.69 Å². The summed E-state index contributed by atoms with van der Waals surface area (Å²) in [7, 11) is 0. The van der Waals surface area contributed by atoms with Crippen molar-refractivity contribution in [3.05, 3.63) is 101 Å². The van der Waals surface area contributed by atoms with Crippen LogP contribution in [0.2, 0.25) is 0 Å². The normalized spacial score (nSPS) is 11.4. The first kappa shape index (κ1) is 18.1. The van der Waals surface area contributed by atoms with Crippen molar-refractivity contribution >= 4 is 17.6 Å². The average molecular weight is 366 g/mol. The van der Waals surface area contributed by atoms with E-state index in [1.165, 1.54) is 42.5 Å². The Morgan fingerprint density at radius 2 is 1.63 bits per heavy atom. The highest BCUT2D eigenvalue weighted by Crippen LogP contribution is 2.21. The van der Waals surface area contributed by atoms with E-state index >= 15 is 0 Å². The van der Waals surface area contributed by atoms with Gasteiger partial charge in [0.05, 0.1) is 0 Å². The average Bonchev–Trinajstić information content (AvgIpc) is 2.68. The van der Waals surface area contributed by atoms with Crippen molar-refractivity contribution in [2.24, 2.45) is 0 Å². The van der Waals surface area contributed by atoms with Gasteiger partial charge < -0.3 is 15.3 Å². The lowest BCUT2D eigenvalue weighted by Crippen LogP contribution is -2.36. The molecule has 6 nitrogen and oxygen atoms in total. The van der Waals surface area contributed by atoms with E-state index in [0.29, 0.717) is 16.0 Å². The molecule has 0 aliphatic heterocycles. The first-order valence-electron chi connectivity index (χ1n) is 8.05. The Hall–Kier alpha value is -3.74. The van der Waals surface area contributed by atoms with Gasteiger partial charge in [0.1, 0.15) is 5.82 Å². The van der Waals surface area contributed by atoms with Crippen LogP contribution in [-0.4, -0.2) is 11.9 Å². The summed E-state index contributed by atoms with van der Waals surface area (Å²) in [5, 5.41) is 14.3. The predicted octanol–water partition coefficient (Wildman–Crippen LogP) is 3.00. The van der Waals surface area contributed by atoms with Crippen LogP contribution in [0.15, 0.2) is 79.0 Å². The van der Waals surface area contributed by atoms with E-state index in [0.717, 1.165) is 6.20 Å². The summed E-state index contributed by atoms with van der Waals surface area (Å²) in [6.07, 6.45) is -0.129. The number of esters is 1. The fourth-order valence-corrected chi connectivity index (χ4v) is 2.40. The molecule has 3 rings (SSSR count). The summed E-state index contributed by atoms with van der Waals surface area (Å²) in [6, 6.07) is 17.8. The molecule has 1 atom stereocenters. The van der Waals surface area contributed by atoms with Gasteiger partial charge in [0.15, 0.2) is 6.20 Å². The van der Waals surface area contributed by atoms with Crippen LogP contribution in [0, 0.1) is 11.0 Å². The van der Waals surface area contributed by atoms with Crippen molar-refractivity contribution in [3.8, 4) is 0 Å². The Kier molecular flexibility index (Phi) is 5.41. The van der Waals surface area contributed by atoms with Crippen LogP contribution in [0.3, 0.4) is 0 Å². The molecule has 1 heterocycles. The Morgan fingerprint density at radius 1 is 0.963 bits per heavy atom. The zero-order chi connectivity index (χ0) is 19.2. The van der Waals surface area contributed by atoms with Crippen LogP contribution in [0.1, 0.15) is 22.2 Å². The third-order valence-corrected chi connectivity index (χ3v) is 3.71. The first-order valence-corrected chi connectivity index (χ1v) is 8.05. The number of benzene rings is 2. The fourth-order valence-electron chi connectivity index (χ4n) is 2.40. The Bertz CT molecular complexity index is 946. The maximum Gasteiger partial charge on any atom is 0.406 e. The van der Waals surface area contributed by atoms with Gasteiger partial charge >= 0.3 is 11.7 Å². The molecule has 0 radical (unpaired) electrons. The van der Waals surface area contributed by atoms with Crippen molar-refractivity contribution in [2.45, 2.75) is 6.10 Å². The molecule has 0 saturated carbocycles. The fraction of sp³-hybridized carbons (Fsp3) is 0.0500. The van der Waals surface area contributed by atoms with Crippen molar-refractivity contribution in [1.82, 2.24) is 0 Å². The molecule has 0 unspecified atom stereocenters. The lowest BCUT2D eigenvalue weighted by atomic mass is 10.1. The number of carbonyl (C=O) groups is 2. The number of ether oxygens (including phenoxy) is 1. The number of halogens is 1. The van der Waals surface area contributed by atoms with Crippen LogP contribution < -0.4 is 10.0 Å². The number of anilines is 1. The van der Waals surface area contributed by atoms with E-state index in [1.807, 2.05) is 0 Å². The van der Waals surface area contributed by atoms with Gasteiger partial charge in [-0.15, -0.1) is 0 Å². The Morgan fingerprint density at radius 3 is 2.30 bits per heavy atom. The van der Waals surface area contributed by atoms with E-state index < -0.39 is 23.8 Å². The lowest BCUT2D eigenvalue weighted by Gasteiger charge is -2.17. The van der Waals surface area contributed by atoms with E-state index in [2.05, 4.69) is 5.32 Å². The lowest BCUT2D eigenvalue weighted by molar-refractivity contribution is -0.608. The van der Waals surface area contributed by atoms with Gasteiger partial charge in [-0.1, -0.05) is 30.3 Å². The van der Waals surface area contributed by atoms with Crippen LogP contribution in [0.25, 0.3) is 0 Å². The predicted molar refractivity (Wildman–Crippen MR) is 95.0 cm³/mol. The van der Waals surface area contributed by atoms with Gasteiger partial charge in [0.25, 0.3) is 5.91 Å². The van der Waals surface area contributed by atoms with Gasteiger partial charge in [0.2, 0.25) is 6.10 Å². The molecule has 7 heteroatoms. The molecule has 1 aromatic heterocycles. The smallest absolute Gasteiger partial charge is 0.406 e. The van der Waals surface area contributed by atoms with Crippen molar-refractivity contribution in [3.63, 3.8) is 0 Å². The summed E-state index contributed by atoms with van der Waals surface area (Å²) in [4.78, 5) is 25.1. The summed E-state index contributed by atoms with van der Waals surface area (Å²) >= 11 is 0. The summed E-state index contributed by atoms with van der Waals surface area (Å²) in [6.45, 7) is 0. The SMILES string of the molecule is O=C(O[C@H](C(=O)Nc1ccc(F)cc1)c1ccccc1)c1cccc[n+]1[O-]. The Labute approximate surface area is 154 Å². The zero-order valence-corrected chi connectivity index (χ0v) is 14.0. The minimum Gasteiger partial charge on any atom is -0.618 e. The molecular formula is C20H15FN2O4. The molecule has 27 heavy (non-hydrogen) atoms. The number of hydrogen-bond donors (Lipinski definition) is 1. The number of pyridine rings is 1. The molecule has 0 fully saturated rings. The first-order chi connectivity index (χ1) is 13.0. The molecule has 0 aliphatic carbocycles. The molecule has 136 valence electrons. The summed E-state index contributed by atoms with van der Waals surface area (Å²) in [5.74, 6) is -2.01. The van der Waals surface area contributed by atoms with Gasteiger partial charge in [-0.05, 0) is 30.3 Å². The van der Waals surface area contributed by atoms with E-state index in [1.54, 1.807) is 30.3 Å². The second kappa shape index (κ2) is 8.09. The molecule has 0 aliphatic rings. The van der Waals surface area contributed by atoms with E-state index in [4.69, 9.17) is 4.74 Å². The second-order valence-corrected chi connectivity index (χ2v) is 5.60. The number of amides is 1. The summed E-state index contributed by atoms with van der Waals surface area (Å²) in [5.41, 5.74) is 0.531. The molecule has 0 bridgehead atoms. The highest BCUT2D eigenvalue weighted by Gasteiger charge is 2.28. The standard InChI is InChI=1S/C20H15FN2O4/c21-15-9-11-16(12-10-15)22-19(24)18(14-6-2-1-3-7-14)27-20(25)17-8-4-5-13-23(17)26/h1-13,18H,(H,22,24)/t18-/m0/s1. The number of rotatable bonds is 5. The van der Waals surface area contributed by atoms with Crippen LogP contribution in [0.4, 0.5) is 10.1 Å². The number of nitrogens with zero attached hydrogens (tertiary/aromatic N) is 1. The highest BCUT2D eigenvalue weighted by molar-refractivity contribution is 5.97.